The zero-order chi connectivity index (χ0) is 21.7. The number of benzene rings is 2. The van der Waals surface area contributed by atoms with Crippen LogP contribution in [-0.4, -0.2) is 36.7 Å². The summed E-state index contributed by atoms with van der Waals surface area (Å²) >= 11 is 1.57. The first-order valence-corrected chi connectivity index (χ1v) is 10.9. The highest BCUT2D eigenvalue weighted by Crippen LogP contribution is 2.48. The standard InChI is InChI=1S/C22H27BNO5S/c1-21(2,3)29-20(25)24-16-8-6-7-9-18(16)30-19-11-10-15(12-17(19)24)23(26)27-13-22(4,5)14-28-23/h6-12,26H,13-14H2,1-5H3/q-1. The maximum Gasteiger partial charge on any atom is 0.419 e. The van der Waals surface area contributed by atoms with Gasteiger partial charge in [-0.1, -0.05) is 49.9 Å². The van der Waals surface area contributed by atoms with Gasteiger partial charge in [-0.15, -0.1) is 5.46 Å². The first-order valence-electron chi connectivity index (χ1n) is 10.1. The minimum absolute atomic E-state index is 0.167. The van der Waals surface area contributed by atoms with Crippen molar-refractivity contribution in [2.24, 2.45) is 5.41 Å². The summed E-state index contributed by atoms with van der Waals surface area (Å²) in [5.41, 5.74) is 1.07. The molecular formula is C22H27BNO5S-. The highest BCUT2D eigenvalue weighted by atomic mass is 32.2. The molecule has 2 aliphatic heterocycles. The van der Waals surface area contributed by atoms with Crippen LogP contribution in [0.25, 0.3) is 0 Å². The number of anilines is 2. The van der Waals surface area contributed by atoms with Crippen molar-refractivity contribution in [3.63, 3.8) is 0 Å². The number of hydrogen-bond acceptors (Lipinski definition) is 6. The average molecular weight is 428 g/mol. The Morgan fingerprint density at radius 3 is 2.40 bits per heavy atom. The molecule has 1 N–H and O–H groups in total. The highest BCUT2D eigenvalue weighted by molar-refractivity contribution is 7.99. The molecule has 0 unspecified atom stereocenters. The van der Waals surface area contributed by atoms with Crippen LogP contribution in [0.3, 0.4) is 0 Å². The molecule has 0 aromatic heterocycles. The fourth-order valence-electron chi connectivity index (χ4n) is 3.46. The van der Waals surface area contributed by atoms with Crippen molar-refractivity contribution in [1.82, 2.24) is 0 Å². The molecule has 0 aliphatic carbocycles. The van der Waals surface area contributed by atoms with Gasteiger partial charge in [-0.2, -0.15) is 0 Å². The molecule has 4 rings (SSSR count). The number of rotatable bonds is 1. The van der Waals surface area contributed by atoms with E-state index in [0.717, 1.165) is 15.5 Å². The molecule has 0 saturated carbocycles. The lowest BCUT2D eigenvalue weighted by atomic mass is 9.67. The van der Waals surface area contributed by atoms with Gasteiger partial charge in [0.2, 0.25) is 0 Å². The fraction of sp³-hybridized carbons (Fsp3) is 0.409. The quantitative estimate of drug-likeness (QED) is 0.678. The Morgan fingerprint density at radius 2 is 1.73 bits per heavy atom. The predicted octanol–water partition coefficient (Wildman–Crippen LogP) is 4.44. The average Bonchev–Trinajstić information content (AvgIpc) is 2.66. The molecule has 8 heteroatoms. The van der Waals surface area contributed by atoms with Crippen LogP contribution >= 0.6 is 11.8 Å². The van der Waals surface area contributed by atoms with E-state index in [9.17, 15) is 9.82 Å². The largest absolute Gasteiger partial charge is 0.555 e. The molecule has 0 atom stereocenters. The van der Waals surface area contributed by atoms with Crippen LogP contribution in [0.1, 0.15) is 34.6 Å². The predicted molar refractivity (Wildman–Crippen MR) is 119 cm³/mol. The summed E-state index contributed by atoms with van der Waals surface area (Å²) in [6, 6.07) is 13.1. The van der Waals surface area contributed by atoms with Gasteiger partial charge in [0, 0.05) is 28.4 Å². The van der Waals surface area contributed by atoms with E-state index < -0.39 is 18.4 Å². The number of nitrogens with zero attached hydrogens (tertiary/aromatic N) is 1. The van der Waals surface area contributed by atoms with E-state index >= 15 is 0 Å². The maximum absolute atomic E-state index is 13.2. The third kappa shape index (κ3) is 4.10. The lowest BCUT2D eigenvalue weighted by molar-refractivity contribution is -0.0170. The van der Waals surface area contributed by atoms with Crippen molar-refractivity contribution in [3.8, 4) is 0 Å². The second-order valence-electron chi connectivity index (χ2n) is 9.57. The van der Waals surface area contributed by atoms with Crippen molar-refractivity contribution in [2.75, 3.05) is 18.1 Å². The molecule has 1 saturated heterocycles. The monoisotopic (exact) mass is 428 g/mol. The lowest BCUT2D eigenvalue weighted by Gasteiger charge is -2.47. The Balaban J connectivity index is 1.76. The summed E-state index contributed by atoms with van der Waals surface area (Å²) in [7, 11) is 0. The lowest BCUT2D eigenvalue weighted by Crippen LogP contribution is -2.60. The molecule has 0 bridgehead atoms. The first-order chi connectivity index (χ1) is 14.0. The smallest absolute Gasteiger partial charge is 0.419 e. The molecular weight excluding hydrogens is 401 g/mol. The van der Waals surface area contributed by atoms with Gasteiger partial charge in [0.05, 0.1) is 11.4 Å². The van der Waals surface area contributed by atoms with E-state index in [1.807, 2.05) is 65.0 Å². The van der Waals surface area contributed by atoms with E-state index in [1.165, 1.54) is 0 Å². The Morgan fingerprint density at radius 1 is 1.10 bits per heavy atom. The number of hydrogen-bond donors (Lipinski definition) is 1. The van der Waals surface area contributed by atoms with E-state index in [0.29, 0.717) is 24.4 Å². The van der Waals surface area contributed by atoms with Crippen LogP contribution in [0, 0.1) is 5.41 Å². The van der Waals surface area contributed by atoms with Gasteiger partial charge in [-0.25, -0.2) is 9.69 Å². The van der Waals surface area contributed by atoms with Gasteiger partial charge in [-0.05, 0) is 39.0 Å². The van der Waals surface area contributed by atoms with Gasteiger partial charge in [0.25, 0.3) is 0 Å². The van der Waals surface area contributed by atoms with Crippen molar-refractivity contribution >= 4 is 41.4 Å². The SMILES string of the molecule is CC1(C)CO[B-](O)(c2ccc3c(c2)N(C(=O)OC(C)(C)C)c2ccccc2S3)OC1. The summed E-state index contributed by atoms with van der Waals surface area (Å²) < 4.78 is 17.2. The number of amides is 1. The van der Waals surface area contributed by atoms with E-state index in [-0.39, 0.29) is 5.41 Å². The van der Waals surface area contributed by atoms with Gasteiger partial charge < -0.3 is 19.1 Å². The van der Waals surface area contributed by atoms with Gasteiger partial charge >= 0.3 is 12.8 Å². The Bertz CT molecular complexity index is 978. The summed E-state index contributed by atoms with van der Waals surface area (Å²) in [4.78, 5) is 16.6. The Hall–Kier alpha value is -2.00. The molecule has 2 heterocycles. The van der Waals surface area contributed by atoms with Crippen LogP contribution in [0.4, 0.5) is 16.2 Å². The minimum Gasteiger partial charge on any atom is -0.555 e. The molecule has 1 fully saturated rings. The second-order valence-corrected chi connectivity index (χ2v) is 10.7. The van der Waals surface area contributed by atoms with Crippen molar-refractivity contribution in [2.45, 2.75) is 50.0 Å². The molecule has 0 spiro atoms. The molecule has 160 valence electrons. The van der Waals surface area contributed by atoms with E-state index in [2.05, 4.69) is 0 Å². The van der Waals surface area contributed by atoms with Crippen molar-refractivity contribution < 1.29 is 23.9 Å². The third-order valence-corrected chi connectivity index (χ3v) is 6.08. The fourth-order valence-corrected chi connectivity index (χ4v) is 4.50. The van der Waals surface area contributed by atoms with Crippen LogP contribution in [0.2, 0.25) is 0 Å². The first kappa shape index (κ1) is 21.2. The van der Waals surface area contributed by atoms with Crippen molar-refractivity contribution in [1.29, 1.82) is 0 Å². The zero-order valence-electron chi connectivity index (χ0n) is 18.0. The van der Waals surface area contributed by atoms with Crippen LogP contribution in [0.15, 0.2) is 52.3 Å². The second kappa shape index (κ2) is 7.30. The summed E-state index contributed by atoms with van der Waals surface area (Å²) in [6.45, 7) is 7.70. The van der Waals surface area contributed by atoms with Crippen LogP contribution < -0.4 is 10.4 Å². The molecule has 2 aromatic carbocycles. The highest BCUT2D eigenvalue weighted by Gasteiger charge is 2.38. The van der Waals surface area contributed by atoms with Crippen molar-refractivity contribution in [3.05, 3.63) is 42.5 Å². The van der Waals surface area contributed by atoms with E-state index in [4.69, 9.17) is 14.0 Å². The molecule has 2 aromatic rings. The minimum atomic E-state index is -2.62. The molecule has 0 radical (unpaired) electrons. The third-order valence-electron chi connectivity index (χ3n) is 4.95. The summed E-state index contributed by atoms with van der Waals surface area (Å²) in [6.07, 6.45) is -0.472. The number of carbonyl (C=O) groups excluding carboxylic acids is 1. The summed E-state index contributed by atoms with van der Waals surface area (Å²) in [5.74, 6) is 0. The topological polar surface area (TPSA) is 68.2 Å². The number of para-hydroxylation sites is 1. The Kier molecular flexibility index (Phi) is 5.17. The van der Waals surface area contributed by atoms with Gasteiger partial charge in [0.15, 0.2) is 0 Å². The molecule has 6 nitrogen and oxygen atoms in total. The van der Waals surface area contributed by atoms with E-state index in [1.54, 1.807) is 28.8 Å². The summed E-state index contributed by atoms with van der Waals surface area (Å²) in [5, 5.41) is 11.1. The molecule has 30 heavy (non-hydrogen) atoms. The number of carbonyl (C=O) groups is 1. The number of ether oxygens (including phenoxy) is 1. The zero-order valence-corrected chi connectivity index (χ0v) is 18.8. The molecule has 1 amide bonds. The molecule has 2 aliphatic rings. The van der Waals surface area contributed by atoms with Crippen LogP contribution in [-0.2, 0) is 14.0 Å². The number of fused-ring (bicyclic) bond motifs is 2. The maximum atomic E-state index is 13.2. The van der Waals surface area contributed by atoms with Gasteiger partial charge in [0.1, 0.15) is 5.60 Å². The van der Waals surface area contributed by atoms with Gasteiger partial charge in [-0.3, -0.25) is 0 Å². The Labute approximate surface area is 181 Å². The normalized spacial score (nSPS) is 19.6. The van der Waals surface area contributed by atoms with Crippen LogP contribution in [0.5, 0.6) is 0 Å².